The monoisotopic (exact) mass is 282 g/mol. The number of carbonyl (C=O) groups excluding carboxylic acids is 1. The zero-order valence-electron chi connectivity index (χ0n) is 12.7. The maximum Gasteiger partial charge on any atom is 0.220 e. The van der Waals surface area contributed by atoms with E-state index in [0.29, 0.717) is 12.3 Å². The molecule has 0 saturated heterocycles. The zero-order chi connectivity index (χ0) is 14.4. The summed E-state index contributed by atoms with van der Waals surface area (Å²) in [6, 6.07) is 2.34. The molecule has 0 aliphatic rings. The summed E-state index contributed by atoms with van der Waals surface area (Å²) in [6.07, 6.45) is 1.47. The molecule has 3 nitrogen and oxygen atoms in total. The first-order valence-corrected chi connectivity index (χ1v) is 7.78. The first-order valence-electron chi connectivity index (χ1n) is 6.96. The fourth-order valence-corrected chi connectivity index (χ4v) is 3.21. The van der Waals surface area contributed by atoms with Crippen LogP contribution in [0.2, 0.25) is 0 Å². The van der Waals surface area contributed by atoms with Gasteiger partial charge >= 0.3 is 0 Å². The number of amides is 1. The molecule has 4 heteroatoms. The van der Waals surface area contributed by atoms with Crippen LogP contribution in [-0.2, 0) is 4.79 Å². The van der Waals surface area contributed by atoms with Gasteiger partial charge in [0.15, 0.2) is 0 Å². The third kappa shape index (κ3) is 4.96. The number of nitrogens with one attached hydrogen (secondary N) is 2. The van der Waals surface area contributed by atoms with Crippen molar-refractivity contribution in [1.82, 2.24) is 10.6 Å². The number of hydrogen-bond acceptors (Lipinski definition) is 3. The molecule has 0 aliphatic heterocycles. The van der Waals surface area contributed by atoms with Gasteiger partial charge in [0, 0.05) is 16.2 Å². The molecule has 0 unspecified atom stereocenters. The summed E-state index contributed by atoms with van der Waals surface area (Å²) >= 11 is 1.80. The molecule has 1 rings (SSSR count). The molecule has 0 fully saturated rings. The molecule has 0 bridgehead atoms. The van der Waals surface area contributed by atoms with Crippen molar-refractivity contribution in [2.24, 2.45) is 5.92 Å². The van der Waals surface area contributed by atoms with Crippen molar-refractivity contribution in [2.45, 2.75) is 46.6 Å². The normalized spacial score (nSPS) is 12.7. The molecule has 0 aliphatic carbocycles. The van der Waals surface area contributed by atoms with Crippen molar-refractivity contribution in [3.05, 3.63) is 21.4 Å². The Balaban J connectivity index is 2.68. The van der Waals surface area contributed by atoms with E-state index in [9.17, 15) is 4.79 Å². The second-order valence-corrected chi connectivity index (χ2v) is 6.83. The maximum atomic E-state index is 12.0. The molecule has 0 aromatic carbocycles. The van der Waals surface area contributed by atoms with Crippen molar-refractivity contribution < 1.29 is 4.79 Å². The van der Waals surface area contributed by atoms with E-state index < -0.39 is 0 Å². The van der Waals surface area contributed by atoms with E-state index in [4.69, 9.17) is 0 Å². The van der Waals surface area contributed by atoms with Crippen molar-refractivity contribution in [3.8, 4) is 0 Å². The van der Waals surface area contributed by atoms with Crippen LogP contribution < -0.4 is 10.6 Å². The summed E-state index contributed by atoms with van der Waals surface area (Å²) in [5, 5.41) is 6.25. The predicted molar refractivity (Wildman–Crippen MR) is 82.7 cm³/mol. The van der Waals surface area contributed by atoms with Gasteiger partial charge in [-0.1, -0.05) is 13.8 Å². The van der Waals surface area contributed by atoms with Crippen LogP contribution in [0.25, 0.3) is 0 Å². The van der Waals surface area contributed by atoms with Crippen molar-refractivity contribution in [1.29, 1.82) is 0 Å². The Morgan fingerprint density at radius 1 is 1.37 bits per heavy atom. The Bertz CT molecular complexity index is 412. The molecule has 1 heterocycles. The van der Waals surface area contributed by atoms with Gasteiger partial charge in [0.05, 0.1) is 6.04 Å². The van der Waals surface area contributed by atoms with Crippen LogP contribution >= 0.6 is 11.3 Å². The number of rotatable bonds is 7. The summed E-state index contributed by atoms with van der Waals surface area (Å²) in [5.74, 6) is 0.554. The highest BCUT2D eigenvalue weighted by molar-refractivity contribution is 7.12. The summed E-state index contributed by atoms with van der Waals surface area (Å²) < 4.78 is 0. The van der Waals surface area contributed by atoms with Crippen LogP contribution in [0, 0.1) is 19.8 Å². The van der Waals surface area contributed by atoms with Crippen molar-refractivity contribution >= 4 is 17.2 Å². The highest BCUT2D eigenvalue weighted by Gasteiger charge is 2.21. The SMILES string of the molecule is CNCCCC(=O)N[C@@H](c1cc(C)sc1C)C(C)C. The summed E-state index contributed by atoms with van der Waals surface area (Å²) in [6.45, 7) is 9.45. The zero-order valence-corrected chi connectivity index (χ0v) is 13.5. The number of hydrogen-bond donors (Lipinski definition) is 2. The summed E-state index contributed by atoms with van der Waals surface area (Å²) in [4.78, 5) is 14.6. The van der Waals surface area contributed by atoms with Gasteiger partial charge in [-0.2, -0.15) is 0 Å². The third-order valence-corrected chi connectivity index (χ3v) is 4.21. The molecule has 1 aromatic rings. The topological polar surface area (TPSA) is 41.1 Å². The van der Waals surface area contributed by atoms with Gasteiger partial charge in [0.1, 0.15) is 0 Å². The molecular weight excluding hydrogens is 256 g/mol. The first-order chi connectivity index (χ1) is 8.95. The molecule has 1 amide bonds. The number of thiophene rings is 1. The van der Waals surface area contributed by atoms with Gasteiger partial charge in [0.25, 0.3) is 0 Å². The van der Waals surface area contributed by atoms with Crippen LogP contribution in [0.1, 0.15) is 48.0 Å². The molecule has 0 spiro atoms. The quantitative estimate of drug-likeness (QED) is 0.754. The molecular formula is C15H26N2OS. The lowest BCUT2D eigenvalue weighted by Gasteiger charge is -2.23. The highest BCUT2D eigenvalue weighted by atomic mass is 32.1. The fourth-order valence-electron chi connectivity index (χ4n) is 2.23. The summed E-state index contributed by atoms with van der Waals surface area (Å²) in [7, 11) is 1.91. The van der Waals surface area contributed by atoms with E-state index in [0.717, 1.165) is 13.0 Å². The van der Waals surface area contributed by atoms with E-state index >= 15 is 0 Å². The van der Waals surface area contributed by atoms with Crippen LogP contribution in [-0.4, -0.2) is 19.5 Å². The van der Waals surface area contributed by atoms with Crippen LogP contribution in [0.3, 0.4) is 0 Å². The van der Waals surface area contributed by atoms with Gasteiger partial charge < -0.3 is 10.6 Å². The number of aryl methyl sites for hydroxylation is 2. The first kappa shape index (κ1) is 16.2. The van der Waals surface area contributed by atoms with Gasteiger partial charge in [-0.3, -0.25) is 4.79 Å². The summed E-state index contributed by atoms with van der Waals surface area (Å²) in [5.41, 5.74) is 1.28. The second kappa shape index (κ2) is 7.65. The van der Waals surface area contributed by atoms with E-state index in [-0.39, 0.29) is 11.9 Å². The molecule has 108 valence electrons. The van der Waals surface area contributed by atoms with Crippen LogP contribution in [0.15, 0.2) is 6.07 Å². The predicted octanol–water partition coefficient (Wildman–Crippen LogP) is 3.18. The van der Waals surface area contributed by atoms with Gasteiger partial charge in [0.2, 0.25) is 5.91 Å². The lowest BCUT2D eigenvalue weighted by molar-refractivity contribution is -0.122. The lowest BCUT2D eigenvalue weighted by atomic mass is 9.96. The lowest BCUT2D eigenvalue weighted by Crippen LogP contribution is -2.32. The Labute approximate surface area is 120 Å². The van der Waals surface area contributed by atoms with Gasteiger partial charge in [-0.25, -0.2) is 0 Å². The van der Waals surface area contributed by atoms with Crippen molar-refractivity contribution in [2.75, 3.05) is 13.6 Å². The molecule has 1 aromatic heterocycles. The van der Waals surface area contributed by atoms with Crippen LogP contribution in [0.4, 0.5) is 0 Å². The minimum atomic E-state index is 0.132. The average molecular weight is 282 g/mol. The Morgan fingerprint density at radius 2 is 2.05 bits per heavy atom. The van der Waals surface area contributed by atoms with Gasteiger partial charge in [-0.15, -0.1) is 11.3 Å². The van der Waals surface area contributed by atoms with Crippen LogP contribution in [0.5, 0.6) is 0 Å². The standard InChI is InChI=1S/C15H26N2OS/c1-10(2)15(13-9-11(3)19-12(13)4)17-14(18)7-6-8-16-5/h9-10,15-16H,6-8H2,1-5H3,(H,17,18)/t15-/m1/s1. The second-order valence-electron chi connectivity index (χ2n) is 5.36. The third-order valence-electron chi connectivity index (χ3n) is 3.23. The molecule has 2 N–H and O–H groups in total. The average Bonchev–Trinajstić information content (AvgIpc) is 2.65. The highest BCUT2D eigenvalue weighted by Crippen LogP contribution is 2.30. The smallest absolute Gasteiger partial charge is 0.220 e. The fraction of sp³-hybridized carbons (Fsp3) is 0.667. The molecule has 0 saturated carbocycles. The van der Waals surface area contributed by atoms with Gasteiger partial charge in [-0.05, 0) is 51.4 Å². The Kier molecular flexibility index (Phi) is 6.52. The number of carbonyl (C=O) groups is 1. The van der Waals surface area contributed by atoms with E-state index in [1.807, 2.05) is 7.05 Å². The Morgan fingerprint density at radius 3 is 2.53 bits per heavy atom. The minimum Gasteiger partial charge on any atom is -0.349 e. The van der Waals surface area contributed by atoms with E-state index in [2.05, 4.69) is 44.4 Å². The van der Waals surface area contributed by atoms with Crippen molar-refractivity contribution in [3.63, 3.8) is 0 Å². The Hall–Kier alpha value is -0.870. The maximum absolute atomic E-state index is 12.0. The minimum absolute atomic E-state index is 0.132. The van der Waals surface area contributed by atoms with E-state index in [1.165, 1.54) is 15.3 Å². The molecule has 1 atom stereocenters. The van der Waals surface area contributed by atoms with E-state index in [1.54, 1.807) is 11.3 Å². The molecule has 19 heavy (non-hydrogen) atoms. The largest absolute Gasteiger partial charge is 0.349 e. The molecule has 0 radical (unpaired) electrons.